The van der Waals surface area contributed by atoms with Crippen LogP contribution in [0.5, 0.6) is 5.75 Å². The van der Waals surface area contributed by atoms with Gasteiger partial charge in [-0.25, -0.2) is 9.07 Å². The predicted octanol–water partition coefficient (Wildman–Crippen LogP) is 4.53. The minimum Gasteiger partial charge on any atom is -0.454 e. The van der Waals surface area contributed by atoms with Gasteiger partial charge >= 0.3 is 0 Å². The highest BCUT2D eigenvalue weighted by atomic mass is 19.1. The fraction of sp³-hybridized carbons (Fsp3) is 0.125. The van der Waals surface area contributed by atoms with Gasteiger partial charge in [-0.15, -0.1) is 0 Å². The number of nitrogens with two attached hydrogens (primary N) is 1. The van der Waals surface area contributed by atoms with Crippen molar-refractivity contribution in [1.29, 1.82) is 0 Å². The summed E-state index contributed by atoms with van der Waals surface area (Å²) in [6.45, 7) is 7.32. The number of hydrogen-bond acceptors (Lipinski definition) is 5. The largest absolute Gasteiger partial charge is 0.454 e. The van der Waals surface area contributed by atoms with Crippen LogP contribution in [0.15, 0.2) is 85.2 Å². The molecule has 0 spiro atoms. The van der Waals surface area contributed by atoms with Crippen LogP contribution in [-0.4, -0.2) is 20.7 Å². The van der Waals surface area contributed by atoms with Crippen molar-refractivity contribution in [3.05, 3.63) is 102 Å². The monoisotopic (exact) mass is 433 g/mol. The summed E-state index contributed by atoms with van der Waals surface area (Å²) in [5.74, 6) is -0.687. The maximum absolute atomic E-state index is 14.6. The summed E-state index contributed by atoms with van der Waals surface area (Å²) in [7, 11) is 0. The van der Waals surface area contributed by atoms with Crippen LogP contribution < -0.4 is 15.8 Å². The molecule has 0 atom stereocenters. The minimum absolute atomic E-state index is 0.00615. The van der Waals surface area contributed by atoms with Crippen LogP contribution in [0, 0.1) is 5.82 Å². The summed E-state index contributed by atoms with van der Waals surface area (Å²) in [5.41, 5.74) is 8.09. The van der Waals surface area contributed by atoms with Crippen LogP contribution in [0.3, 0.4) is 0 Å². The highest BCUT2D eigenvalue weighted by molar-refractivity contribution is 6.05. The number of benzene rings is 1. The number of halogens is 1. The summed E-state index contributed by atoms with van der Waals surface area (Å²) >= 11 is 0. The third-order valence-electron chi connectivity index (χ3n) is 4.43. The first-order chi connectivity index (χ1) is 15.4. The number of carbonyl (C=O) groups is 1. The van der Waals surface area contributed by atoms with Gasteiger partial charge in [-0.2, -0.15) is 5.10 Å². The van der Waals surface area contributed by atoms with E-state index in [2.05, 4.69) is 22.0 Å². The molecule has 0 radical (unpaired) electrons. The van der Waals surface area contributed by atoms with Gasteiger partial charge in [0.2, 0.25) is 0 Å². The third kappa shape index (κ3) is 5.28. The van der Waals surface area contributed by atoms with Gasteiger partial charge in [0, 0.05) is 35.9 Å². The quantitative estimate of drug-likeness (QED) is 0.402. The van der Waals surface area contributed by atoms with E-state index >= 15 is 0 Å². The summed E-state index contributed by atoms with van der Waals surface area (Å²) < 4.78 is 21.9. The van der Waals surface area contributed by atoms with Gasteiger partial charge in [-0.3, -0.25) is 9.78 Å². The highest BCUT2D eigenvalue weighted by Gasteiger charge is 2.18. The Morgan fingerprint density at radius 3 is 2.69 bits per heavy atom. The molecule has 32 heavy (non-hydrogen) atoms. The molecule has 3 aromatic rings. The van der Waals surface area contributed by atoms with Gasteiger partial charge in [0.05, 0.1) is 23.1 Å². The van der Waals surface area contributed by atoms with Crippen molar-refractivity contribution in [2.24, 2.45) is 5.73 Å². The normalized spacial score (nSPS) is 11.5. The first kappa shape index (κ1) is 22.5. The molecule has 7 nitrogen and oxygen atoms in total. The molecule has 0 unspecified atom stereocenters. The van der Waals surface area contributed by atoms with Crippen molar-refractivity contribution in [3.63, 3.8) is 0 Å². The van der Waals surface area contributed by atoms with Crippen LogP contribution in [0.25, 0.3) is 5.69 Å². The van der Waals surface area contributed by atoms with Gasteiger partial charge in [0.1, 0.15) is 5.76 Å². The Hall–Kier alpha value is -4.20. The average molecular weight is 433 g/mol. The van der Waals surface area contributed by atoms with Crippen LogP contribution in [0.4, 0.5) is 10.1 Å². The van der Waals surface area contributed by atoms with E-state index in [9.17, 15) is 9.18 Å². The molecule has 0 saturated heterocycles. The van der Waals surface area contributed by atoms with E-state index in [0.717, 1.165) is 11.4 Å². The first-order valence-corrected chi connectivity index (χ1v) is 9.97. The number of anilines is 1. The third-order valence-corrected chi connectivity index (χ3v) is 4.43. The van der Waals surface area contributed by atoms with E-state index in [1.54, 1.807) is 54.4 Å². The van der Waals surface area contributed by atoms with Gasteiger partial charge in [0.15, 0.2) is 11.6 Å². The molecule has 2 aromatic heterocycles. The summed E-state index contributed by atoms with van der Waals surface area (Å²) in [5, 5.41) is 7.04. The van der Waals surface area contributed by atoms with E-state index < -0.39 is 5.82 Å². The highest BCUT2D eigenvalue weighted by Crippen LogP contribution is 2.25. The second-order valence-electron chi connectivity index (χ2n) is 6.80. The lowest BCUT2D eigenvalue weighted by Crippen LogP contribution is -2.14. The summed E-state index contributed by atoms with van der Waals surface area (Å²) in [4.78, 5) is 16.8. The molecule has 0 aliphatic rings. The van der Waals surface area contributed by atoms with Gasteiger partial charge in [0.25, 0.3) is 5.91 Å². The van der Waals surface area contributed by atoms with E-state index in [-0.39, 0.29) is 17.4 Å². The first-order valence-electron chi connectivity index (χ1n) is 9.97. The number of pyridine rings is 1. The van der Waals surface area contributed by atoms with Crippen molar-refractivity contribution in [3.8, 4) is 11.4 Å². The number of carbonyl (C=O) groups excluding carboxylic acids is 1. The molecule has 0 bridgehead atoms. The SMILES string of the molecule is C=C(N)/C=C(\C=C/C)Oc1ccc(NC(=O)c2cnn(-c3ccncc3)c2CC)cc1F. The Balaban J connectivity index is 1.80. The lowest BCUT2D eigenvalue weighted by Gasteiger charge is -2.11. The number of allylic oxidation sites excluding steroid dienone is 3. The van der Waals surface area contributed by atoms with Crippen LogP contribution in [0.2, 0.25) is 0 Å². The van der Waals surface area contributed by atoms with Crippen molar-refractivity contribution >= 4 is 11.6 Å². The number of ether oxygens (including phenoxy) is 1. The maximum Gasteiger partial charge on any atom is 0.259 e. The fourth-order valence-corrected chi connectivity index (χ4v) is 3.06. The second kappa shape index (κ2) is 10.2. The smallest absolute Gasteiger partial charge is 0.259 e. The van der Waals surface area contributed by atoms with Gasteiger partial charge < -0.3 is 15.8 Å². The van der Waals surface area contributed by atoms with E-state index in [1.165, 1.54) is 24.4 Å². The molecule has 0 aliphatic carbocycles. The molecule has 2 heterocycles. The molecule has 0 saturated carbocycles. The number of nitrogens with one attached hydrogen (secondary N) is 1. The molecule has 8 heteroatoms. The van der Waals surface area contributed by atoms with Crippen LogP contribution in [0.1, 0.15) is 29.9 Å². The zero-order valence-electron chi connectivity index (χ0n) is 17.9. The Morgan fingerprint density at radius 2 is 2.06 bits per heavy atom. The van der Waals surface area contributed by atoms with Crippen LogP contribution in [-0.2, 0) is 6.42 Å². The second-order valence-corrected chi connectivity index (χ2v) is 6.80. The molecule has 3 rings (SSSR count). The zero-order chi connectivity index (χ0) is 23.1. The summed E-state index contributed by atoms with van der Waals surface area (Å²) in [6, 6.07) is 7.79. The predicted molar refractivity (Wildman–Crippen MR) is 122 cm³/mol. The van der Waals surface area contributed by atoms with E-state index in [4.69, 9.17) is 10.5 Å². The van der Waals surface area contributed by atoms with Crippen LogP contribution >= 0.6 is 0 Å². The number of hydrogen-bond donors (Lipinski definition) is 2. The summed E-state index contributed by atoms with van der Waals surface area (Å²) in [6.07, 6.45) is 10.3. The molecule has 1 amide bonds. The Labute approximate surface area is 185 Å². The lowest BCUT2D eigenvalue weighted by atomic mass is 10.2. The average Bonchev–Trinajstić information content (AvgIpc) is 3.20. The molecular formula is C24H24FN5O2. The van der Waals surface area contributed by atoms with E-state index in [1.807, 2.05) is 6.92 Å². The molecule has 0 fully saturated rings. The minimum atomic E-state index is -0.635. The number of aromatic nitrogens is 3. The number of rotatable bonds is 8. The van der Waals surface area contributed by atoms with Crippen molar-refractivity contribution in [2.75, 3.05) is 5.32 Å². The Morgan fingerprint density at radius 1 is 1.31 bits per heavy atom. The van der Waals surface area contributed by atoms with E-state index in [0.29, 0.717) is 23.4 Å². The maximum atomic E-state index is 14.6. The molecule has 1 aromatic carbocycles. The standard InChI is InChI=1S/C24H24FN5O2/c1-4-6-19(13-16(3)26)32-23-8-7-17(14-21(23)25)29-24(31)20-15-28-30(22(20)5-2)18-9-11-27-12-10-18/h4,6-15H,3,5,26H2,1-2H3,(H,29,31)/b6-4-,19-13+. The van der Waals surface area contributed by atoms with Crippen molar-refractivity contribution < 1.29 is 13.9 Å². The number of amides is 1. The topological polar surface area (TPSA) is 95.1 Å². The van der Waals surface area contributed by atoms with Gasteiger partial charge in [-0.05, 0) is 43.7 Å². The zero-order valence-corrected chi connectivity index (χ0v) is 17.9. The Bertz CT molecular complexity index is 1180. The van der Waals surface area contributed by atoms with Crippen molar-refractivity contribution in [1.82, 2.24) is 14.8 Å². The number of nitrogens with zero attached hydrogens (tertiary/aromatic N) is 3. The molecular weight excluding hydrogens is 409 g/mol. The lowest BCUT2D eigenvalue weighted by molar-refractivity contribution is 0.102. The van der Waals surface area contributed by atoms with Crippen molar-refractivity contribution in [2.45, 2.75) is 20.3 Å². The fourth-order valence-electron chi connectivity index (χ4n) is 3.06. The Kier molecular flexibility index (Phi) is 7.17. The molecule has 0 aliphatic heterocycles. The van der Waals surface area contributed by atoms with Gasteiger partial charge in [-0.1, -0.05) is 19.6 Å². The molecule has 164 valence electrons. The molecule has 3 N–H and O–H groups in total.